The van der Waals surface area contributed by atoms with E-state index in [1.807, 2.05) is 19.9 Å². The molecule has 1 fully saturated rings. The van der Waals surface area contributed by atoms with Crippen molar-refractivity contribution >= 4 is 21.2 Å². The van der Waals surface area contributed by atoms with Gasteiger partial charge in [0.1, 0.15) is 5.76 Å². The van der Waals surface area contributed by atoms with E-state index in [1.54, 1.807) is 18.5 Å². The molecule has 3 aromatic rings. The molecule has 3 aromatic heterocycles. The van der Waals surface area contributed by atoms with E-state index in [-0.39, 0.29) is 0 Å². The lowest BCUT2D eigenvalue weighted by atomic mass is 10.1. The summed E-state index contributed by atoms with van der Waals surface area (Å²) in [5.41, 5.74) is 3.63. The molecule has 126 valence electrons. The molecule has 0 unspecified atom stereocenters. The highest BCUT2D eigenvalue weighted by Gasteiger charge is 2.28. The van der Waals surface area contributed by atoms with Crippen LogP contribution in [0, 0.1) is 13.8 Å². The number of aryl methyl sites for hydroxylation is 2. The number of rotatable bonds is 3. The summed E-state index contributed by atoms with van der Waals surface area (Å²) in [4.78, 5) is 4.41. The van der Waals surface area contributed by atoms with Gasteiger partial charge in [0.25, 0.3) is 0 Å². The third-order valence-electron chi connectivity index (χ3n) is 4.46. The molecule has 0 aliphatic carbocycles. The van der Waals surface area contributed by atoms with Crippen molar-refractivity contribution in [3.05, 3.63) is 36.0 Å². The zero-order valence-electron chi connectivity index (χ0n) is 13.6. The fourth-order valence-electron chi connectivity index (χ4n) is 3.26. The van der Waals surface area contributed by atoms with Gasteiger partial charge in [-0.15, -0.1) is 0 Å². The fourth-order valence-corrected chi connectivity index (χ4v) is 4.84. The standard InChI is InChI=1S/C16H18N4O3S/c1-11-16(12(2)23-18-11)13-9-15-14(17-10-13)5-8-20(15)24(21,22)19-6-3-4-7-19/h5,8-10H,3-4,6-7H2,1-2H3. The van der Waals surface area contributed by atoms with Gasteiger partial charge < -0.3 is 4.52 Å². The first-order valence-corrected chi connectivity index (χ1v) is 9.29. The second-order valence-electron chi connectivity index (χ2n) is 6.05. The van der Waals surface area contributed by atoms with Crippen LogP contribution in [-0.4, -0.2) is 39.9 Å². The Kier molecular flexibility index (Phi) is 3.47. The number of fused-ring (bicyclic) bond motifs is 1. The van der Waals surface area contributed by atoms with Gasteiger partial charge >= 0.3 is 10.2 Å². The van der Waals surface area contributed by atoms with E-state index in [4.69, 9.17) is 4.52 Å². The minimum Gasteiger partial charge on any atom is -0.361 e. The van der Waals surface area contributed by atoms with Crippen LogP contribution in [0.2, 0.25) is 0 Å². The second kappa shape index (κ2) is 5.42. The largest absolute Gasteiger partial charge is 0.361 e. The maximum atomic E-state index is 12.9. The van der Waals surface area contributed by atoms with Crippen LogP contribution in [0.1, 0.15) is 24.3 Å². The molecule has 0 atom stereocenters. The summed E-state index contributed by atoms with van der Waals surface area (Å²) in [6.45, 7) is 4.83. The number of nitrogens with zero attached hydrogens (tertiary/aromatic N) is 4. The lowest BCUT2D eigenvalue weighted by Gasteiger charge is -2.17. The minimum absolute atomic E-state index is 0.568. The maximum Gasteiger partial charge on any atom is 0.308 e. The van der Waals surface area contributed by atoms with Crippen molar-refractivity contribution in [2.45, 2.75) is 26.7 Å². The average molecular weight is 346 g/mol. The molecule has 8 heteroatoms. The molecular formula is C16H18N4O3S. The van der Waals surface area contributed by atoms with E-state index in [1.165, 1.54) is 8.28 Å². The van der Waals surface area contributed by atoms with E-state index in [0.717, 1.165) is 29.7 Å². The van der Waals surface area contributed by atoms with Crippen LogP contribution < -0.4 is 0 Å². The molecule has 24 heavy (non-hydrogen) atoms. The predicted molar refractivity (Wildman–Crippen MR) is 89.8 cm³/mol. The molecular weight excluding hydrogens is 328 g/mol. The molecule has 1 aliphatic heterocycles. The number of pyridine rings is 1. The normalized spacial score (nSPS) is 16.2. The van der Waals surface area contributed by atoms with Gasteiger partial charge in [-0.05, 0) is 38.8 Å². The van der Waals surface area contributed by atoms with Crippen molar-refractivity contribution in [1.82, 2.24) is 18.4 Å². The third kappa shape index (κ3) is 2.25. The van der Waals surface area contributed by atoms with Crippen LogP contribution in [0.4, 0.5) is 0 Å². The molecule has 0 aromatic carbocycles. The van der Waals surface area contributed by atoms with Crippen LogP contribution >= 0.6 is 0 Å². The molecule has 1 aliphatic rings. The van der Waals surface area contributed by atoms with Gasteiger partial charge in [0, 0.05) is 36.6 Å². The van der Waals surface area contributed by atoms with E-state index < -0.39 is 10.2 Å². The number of hydrogen-bond donors (Lipinski definition) is 0. The van der Waals surface area contributed by atoms with Crippen molar-refractivity contribution in [2.75, 3.05) is 13.1 Å². The molecule has 0 saturated carbocycles. The summed E-state index contributed by atoms with van der Waals surface area (Å²) in [6, 6.07) is 3.56. The van der Waals surface area contributed by atoms with Gasteiger partial charge in [-0.2, -0.15) is 12.7 Å². The summed E-state index contributed by atoms with van der Waals surface area (Å²) in [5, 5.41) is 3.96. The van der Waals surface area contributed by atoms with Gasteiger partial charge in [0.2, 0.25) is 0 Å². The van der Waals surface area contributed by atoms with Crippen molar-refractivity contribution in [2.24, 2.45) is 0 Å². The second-order valence-corrected chi connectivity index (χ2v) is 7.86. The van der Waals surface area contributed by atoms with E-state index in [9.17, 15) is 8.42 Å². The van der Waals surface area contributed by atoms with Crippen molar-refractivity contribution in [3.63, 3.8) is 0 Å². The molecule has 0 N–H and O–H groups in total. The Morgan fingerprint density at radius 1 is 1.21 bits per heavy atom. The van der Waals surface area contributed by atoms with Crippen LogP contribution in [-0.2, 0) is 10.2 Å². The van der Waals surface area contributed by atoms with Crippen LogP contribution in [0.3, 0.4) is 0 Å². The summed E-state index contributed by atoms with van der Waals surface area (Å²) in [6.07, 6.45) is 5.10. The molecule has 0 amide bonds. The average Bonchev–Trinajstić information content (AvgIpc) is 3.27. The summed E-state index contributed by atoms with van der Waals surface area (Å²) in [5.74, 6) is 0.689. The minimum atomic E-state index is -3.56. The first-order chi connectivity index (χ1) is 11.5. The Morgan fingerprint density at radius 3 is 2.62 bits per heavy atom. The summed E-state index contributed by atoms with van der Waals surface area (Å²) >= 11 is 0. The first-order valence-electron chi connectivity index (χ1n) is 7.89. The van der Waals surface area contributed by atoms with Crippen molar-refractivity contribution in [3.8, 4) is 11.1 Å². The topological polar surface area (TPSA) is 81.2 Å². The van der Waals surface area contributed by atoms with Gasteiger partial charge in [0.05, 0.1) is 16.7 Å². The van der Waals surface area contributed by atoms with Crippen molar-refractivity contribution < 1.29 is 12.9 Å². The van der Waals surface area contributed by atoms with Gasteiger partial charge in [-0.1, -0.05) is 5.16 Å². The van der Waals surface area contributed by atoms with E-state index in [0.29, 0.717) is 29.9 Å². The SMILES string of the molecule is Cc1noc(C)c1-c1cnc2ccn(S(=O)(=O)N3CCCC3)c2c1. The highest BCUT2D eigenvalue weighted by atomic mass is 32.2. The Bertz CT molecular complexity index is 994. The van der Waals surface area contributed by atoms with Crippen LogP contribution in [0.15, 0.2) is 29.0 Å². The number of hydrogen-bond acceptors (Lipinski definition) is 5. The molecule has 0 radical (unpaired) electrons. The number of aromatic nitrogens is 3. The quantitative estimate of drug-likeness (QED) is 0.728. The Labute approximate surface area is 140 Å². The zero-order chi connectivity index (χ0) is 16.9. The summed E-state index contributed by atoms with van der Waals surface area (Å²) < 4.78 is 33.8. The van der Waals surface area contributed by atoms with Gasteiger partial charge in [-0.25, -0.2) is 3.97 Å². The smallest absolute Gasteiger partial charge is 0.308 e. The highest BCUT2D eigenvalue weighted by Crippen LogP contribution is 2.30. The van der Waals surface area contributed by atoms with Crippen LogP contribution in [0.5, 0.6) is 0 Å². The maximum absolute atomic E-state index is 12.9. The molecule has 4 heterocycles. The molecule has 0 spiro atoms. The summed E-state index contributed by atoms with van der Waals surface area (Å²) in [7, 11) is -3.56. The van der Waals surface area contributed by atoms with Crippen LogP contribution in [0.25, 0.3) is 22.2 Å². The Hall–Kier alpha value is -2.19. The van der Waals surface area contributed by atoms with E-state index in [2.05, 4.69) is 10.1 Å². The Balaban J connectivity index is 1.88. The first kappa shape index (κ1) is 15.3. The predicted octanol–water partition coefficient (Wildman–Crippen LogP) is 2.50. The monoisotopic (exact) mass is 346 g/mol. The zero-order valence-corrected chi connectivity index (χ0v) is 14.4. The molecule has 1 saturated heterocycles. The molecule has 7 nitrogen and oxygen atoms in total. The third-order valence-corrected chi connectivity index (χ3v) is 6.30. The van der Waals surface area contributed by atoms with E-state index >= 15 is 0 Å². The van der Waals surface area contributed by atoms with Gasteiger partial charge in [0.15, 0.2) is 0 Å². The van der Waals surface area contributed by atoms with Gasteiger partial charge in [-0.3, -0.25) is 4.98 Å². The lowest BCUT2D eigenvalue weighted by molar-refractivity contribution is 0.393. The highest BCUT2D eigenvalue weighted by molar-refractivity contribution is 7.87. The lowest BCUT2D eigenvalue weighted by Crippen LogP contribution is -2.32. The van der Waals surface area contributed by atoms with Crippen molar-refractivity contribution in [1.29, 1.82) is 0 Å². The Morgan fingerprint density at radius 2 is 1.96 bits per heavy atom. The molecule has 0 bridgehead atoms. The molecule has 4 rings (SSSR count). The fraction of sp³-hybridized carbons (Fsp3) is 0.375.